The maximum Gasteiger partial charge on any atom is 0.234 e. The summed E-state index contributed by atoms with van der Waals surface area (Å²) < 4.78 is 7.35. The van der Waals surface area contributed by atoms with E-state index in [9.17, 15) is 4.79 Å². The molecule has 2 aromatic carbocycles. The summed E-state index contributed by atoms with van der Waals surface area (Å²) in [6, 6.07) is 20.4. The van der Waals surface area contributed by atoms with Gasteiger partial charge in [-0.1, -0.05) is 53.7 Å². The lowest BCUT2D eigenvalue weighted by molar-refractivity contribution is -0.113. The Hall–Kier alpha value is -3.03. The van der Waals surface area contributed by atoms with Crippen molar-refractivity contribution < 1.29 is 9.21 Å². The van der Waals surface area contributed by atoms with E-state index < -0.39 is 0 Å². The molecule has 6 nitrogen and oxygen atoms in total. The van der Waals surface area contributed by atoms with Crippen LogP contribution in [0.1, 0.15) is 0 Å². The number of amides is 1. The highest BCUT2D eigenvalue weighted by atomic mass is 35.5. The number of halogens is 1. The SMILES string of the molecule is O=C(CSc1nnc(-c2ccco2)n1-c1ccccc1)Nc1ccccc1Cl. The second-order valence-corrected chi connectivity index (χ2v) is 7.12. The molecule has 4 aromatic rings. The number of carbonyl (C=O) groups is 1. The maximum absolute atomic E-state index is 12.4. The molecule has 1 amide bonds. The van der Waals surface area contributed by atoms with Gasteiger partial charge in [0.1, 0.15) is 0 Å². The number of anilines is 1. The van der Waals surface area contributed by atoms with Crippen LogP contribution in [0, 0.1) is 0 Å². The van der Waals surface area contributed by atoms with Gasteiger partial charge in [0.05, 0.1) is 22.7 Å². The van der Waals surface area contributed by atoms with Gasteiger partial charge in [0.15, 0.2) is 10.9 Å². The molecule has 0 saturated carbocycles. The Balaban J connectivity index is 1.56. The highest BCUT2D eigenvalue weighted by Crippen LogP contribution is 2.28. The zero-order chi connectivity index (χ0) is 19.3. The molecule has 2 heterocycles. The zero-order valence-electron chi connectivity index (χ0n) is 14.6. The van der Waals surface area contributed by atoms with Crippen LogP contribution in [0.2, 0.25) is 5.02 Å². The number of thioether (sulfide) groups is 1. The molecular formula is C20H15ClN4O2S. The standard InChI is InChI=1S/C20H15ClN4O2S/c21-15-9-4-5-10-16(15)22-18(26)13-28-20-24-23-19(17-11-6-12-27-17)25(20)14-7-2-1-3-8-14/h1-12H,13H2,(H,22,26). The molecule has 0 aliphatic carbocycles. The highest BCUT2D eigenvalue weighted by Gasteiger charge is 2.19. The van der Waals surface area contributed by atoms with Crippen molar-refractivity contribution in [2.24, 2.45) is 0 Å². The van der Waals surface area contributed by atoms with Crippen LogP contribution in [0.15, 0.2) is 82.6 Å². The van der Waals surface area contributed by atoms with Crippen molar-refractivity contribution in [3.8, 4) is 17.3 Å². The van der Waals surface area contributed by atoms with E-state index in [-0.39, 0.29) is 11.7 Å². The van der Waals surface area contributed by atoms with E-state index in [4.69, 9.17) is 16.0 Å². The monoisotopic (exact) mass is 410 g/mol. The van der Waals surface area contributed by atoms with Crippen LogP contribution in [0.4, 0.5) is 5.69 Å². The largest absolute Gasteiger partial charge is 0.461 e. The quantitative estimate of drug-likeness (QED) is 0.457. The first-order chi connectivity index (χ1) is 13.7. The molecule has 1 N–H and O–H groups in total. The molecule has 0 aliphatic heterocycles. The first kappa shape index (κ1) is 18.3. The summed E-state index contributed by atoms with van der Waals surface area (Å²) in [4.78, 5) is 12.4. The lowest BCUT2D eigenvalue weighted by Gasteiger charge is -2.09. The van der Waals surface area contributed by atoms with Crippen molar-refractivity contribution in [1.82, 2.24) is 14.8 Å². The number of hydrogen-bond acceptors (Lipinski definition) is 5. The van der Waals surface area contributed by atoms with Gasteiger partial charge in [-0.05, 0) is 36.4 Å². The van der Waals surface area contributed by atoms with Crippen LogP contribution in [0.5, 0.6) is 0 Å². The smallest absolute Gasteiger partial charge is 0.234 e. The molecule has 0 unspecified atom stereocenters. The van der Waals surface area contributed by atoms with Gasteiger partial charge in [-0.15, -0.1) is 10.2 Å². The number of furan rings is 1. The van der Waals surface area contributed by atoms with Gasteiger partial charge in [-0.25, -0.2) is 0 Å². The lowest BCUT2D eigenvalue weighted by atomic mass is 10.3. The van der Waals surface area contributed by atoms with Gasteiger partial charge >= 0.3 is 0 Å². The summed E-state index contributed by atoms with van der Waals surface area (Å²) in [5.74, 6) is 1.16. The fourth-order valence-electron chi connectivity index (χ4n) is 2.62. The lowest BCUT2D eigenvalue weighted by Crippen LogP contribution is -2.14. The summed E-state index contributed by atoms with van der Waals surface area (Å²) in [6.07, 6.45) is 1.59. The first-order valence-corrected chi connectivity index (χ1v) is 9.80. The number of carbonyl (C=O) groups excluding carboxylic acids is 1. The number of nitrogens with zero attached hydrogens (tertiary/aromatic N) is 3. The van der Waals surface area contributed by atoms with Crippen molar-refractivity contribution in [3.05, 3.63) is 78.0 Å². The Kier molecular flexibility index (Phi) is 5.45. The number of para-hydroxylation sites is 2. The summed E-state index contributed by atoms with van der Waals surface area (Å²) >= 11 is 7.38. The topological polar surface area (TPSA) is 73.0 Å². The maximum atomic E-state index is 12.4. The molecule has 0 spiro atoms. The number of hydrogen-bond donors (Lipinski definition) is 1. The minimum Gasteiger partial charge on any atom is -0.461 e. The van der Waals surface area contributed by atoms with Crippen molar-refractivity contribution >= 4 is 35.0 Å². The van der Waals surface area contributed by atoms with Crippen LogP contribution in [-0.2, 0) is 4.79 Å². The normalized spacial score (nSPS) is 10.8. The molecule has 8 heteroatoms. The average Bonchev–Trinajstić information content (AvgIpc) is 3.38. The van der Waals surface area contributed by atoms with Crippen LogP contribution in [0.3, 0.4) is 0 Å². The van der Waals surface area contributed by atoms with Crippen molar-refractivity contribution in [2.75, 3.05) is 11.1 Å². The number of nitrogens with one attached hydrogen (secondary N) is 1. The summed E-state index contributed by atoms with van der Waals surface area (Å²) in [5.41, 5.74) is 1.46. The minimum atomic E-state index is -0.180. The third-order valence-electron chi connectivity index (χ3n) is 3.87. The molecule has 0 saturated heterocycles. The van der Waals surface area contributed by atoms with Crippen LogP contribution < -0.4 is 5.32 Å². The Morgan fingerprint density at radius 3 is 2.57 bits per heavy atom. The summed E-state index contributed by atoms with van der Waals surface area (Å²) in [7, 11) is 0. The molecule has 140 valence electrons. The summed E-state index contributed by atoms with van der Waals surface area (Å²) in [5, 5.41) is 12.4. The first-order valence-electron chi connectivity index (χ1n) is 8.44. The van der Waals surface area contributed by atoms with Gasteiger partial charge in [-0.3, -0.25) is 9.36 Å². The number of rotatable bonds is 6. The third kappa shape index (κ3) is 3.95. The predicted molar refractivity (Wildman–Crippen MR) is 110 cm³/mol. The number of benzene rings is 2. The van der Waals surface area contributed by atoms with E-state index in [1.165, 1.54) is 11.8 Å². The molecule has 2 aromatic heterocycles. The van der Waals surface area contributed by atoms with Crippen LogP contribution in [-0.4, -0.2) is 26.4 Å². The molecule has 0 bridgehead atoms. The molecule has 0 fully saturated rings. The van der Waals surface area contributed by atoms with E-state index in [0.717, 1.165) is 5.69 Å². The zero-order valence-corrected chi connectivity index (χ0v) is 16.2. The van der Waals surface area contributed by atoms with Crippen LogP contribution in [0.25, 0.3) is 17.3 Å². The second-order valence-electron chi connectivity index (χ2n) is 5.77. The van der Waals surface area contributed by atoms with Gasteiger partial charge in [0.25, 0.3) is 0 Å². The van der Waals surface area contributed by atoms with E-state index in [1.54, 1.807) is 24.5 Å². The fraction of sp³-hybridized carbons (Fsp3) is 0.0500. The Bertz CT molecular complexity index is 1080. The minimum absolute atomic E-state index is 0.161. The molecule has 0 radical (unpaired) electrons. The van der Waals surface area contributed by atoms with Crippen molar-refractivity contribution in [2.45, 2.75) is 5.16 Å². The van der Waals surface area contributed by atoms with E-state index >= 15 is 0 Å². The Labute approximate surface area is 170 Å². The third-order valence-corrected chi connectivity index (χ3v) is 5.13. The molecular weight excluding hydrogens is 396 g/mol. The van der Waals surface area contributed by atoms with E-state index in [1.807, 2.05) is 53.1 Å². The van der Waals surface area contributed by atoms with Gasteiger partial charge < -0.3 is 9.73 Å². The number of aromatic nitrogens is 3. The average molecular weight is 411 g/mol. The van der Waals surface area contributed by atoms with E-state index in [2.05, 4.69) is 15.5 Å². The van der Waals surface area contributed by atoms with Gasteiger partial charge in [-0.2, -0.15) is 0 Å². The molecule has 4 rings (SSSR count). The highest BCUT2D eigenvalue weighted by molar-refractivity contribution is 7.99. The predicted octanol–water partition coefficient (Wildman–Crippen LogP) is 4.91. The molecule has 28 heavy (non-hydrogen) atoms. The summed E-state index contributed by atoms with van der Waals surface area (Å²) in [6.45, 7) is 0. The van der Waals surface area contributed by atoms with E-state index in [0.29, 0.717) is 27.5 Å². The Morgan fingerprint density at radius 1 is 1.04 bits per heavy atom. The van der Waals surface area contributed by atoms with Crippen molar-refractivity contribution in [3.63, 3.8) is 0 Å². The molecule has 0 aliphatic rings. The van der Waals surface area contributed by atoms with Crippen molar-refractivity contribution in [1.29, 1.82) is 0 Å². The van der Waals surface area contributed by atoms with Crippen LogP contribution >= 0.6 is 23.4 Å². The second kappa shape index (κ2) is 8.33. The molecule has 0 atom stereocenters. The Morgan fingerprint density at radius 2 is 1.82 bits per heavy atom. The van der Waals surface area contributed by atoms with Gasteiger partial charge in [0.2, 0.25) is 11.7 Å². The fourth-order valence-corrected chi connectivity index (χ4v) is 3.55. The van der Waals surface area contributed by atoms with Gasteiger partial charge in [0, 0.05) is 5.69 Å².